The van der Waals surface area contributed by atoms with E-state index in [4.69, 9.17) is 14.6 Å². The first kappa shape index (κ1) is 15.3. The van der Waals surface area contributed by atoms with Gasteiger partial charge < -0.3 is 30.1 Å². The summed E-state index contributed by atoms with van der Waals surface area (Å²) in [5.74, 6) is -0.359. The van der Waals surface area contributed by atoms with E-state index in [1.807, 2.05) is 6.92 Å². The number of rotatable bonds is 5. The van der Waals surface area contributed by atoms with Crippen LogP contribution < -0.4 is 5.32 Å². The minimum absolute atomic E-state index is 0.359. The SMILES string of the molecule is CCCO[C@H]1[C@H](O)[C@@H](CO)O[C@@H](O)[C@H]1NC(C)=O. The molecule has 7 nitrogen and oxygen atoms in total. The van der Waals surface area contributed by atoms with Crippen molar-refractivity contribution in [2.24, 2.45) is 0 Å². The molecule has 0 spiro atoms. The van der Waals surface area contributed by atoms with Crippen molar-refractivity contribution in [1.82, 2.24) is 5.32 Å². The summed E-state index contributed by atoms with van der Waals surface area (Å²) in [6.07, 6.45) is -3.43. The molecule has 1 aliphatic rings. The predicted octanol–water partition coefficient (Wildman–Crippen LogP) is -1.64. The van der Waals surface area contributed by atoms with Crippen LogP contribution in [0.1, 0.15) is 20.3 Å². The highest BCUT2D eigenvalue weighted by atomic mass is 16.6. The summed E-state index contributed by atoms with van der Waals surface area (Å²) in [7, 11) is 0. The predicted molar refractivity (Wildman–Crippen MR) is 61.6 cm³/mol. The van der Waals surface area contributed by atoms with E-state index >= 15 is 0 Å². The van der Waals surface area contributed by atoms with Gasteiger partial charge in [-0.3, -0.25) is 4.79 Å². The molecule has 0 aromatic carbocycles. The Bertz CT molecular complexity index is 274. The minimum atomic E-state index is -1.32. The van der Waals surface area contributed by atoms with E-state index in [-0.39, 0.29) is 5.91 Å². The molecule has 0 aromatic rings. The fraction of sp³-hybridized carbons (Fsp3) is 0.909. The minimum Gasteiger partial charge on any atom is -0.394 e. The topological polar surface area (TPSA) is 108 Å². The molecule has 0 bridgehead atoms. The molecule has 1 fully saturated rings. The van der Waals surface area contributed by atoms with Crippen molar-refractivity contribution < 1.29 is 29.6 Å². The number of carbonyl (C=O) groups is 1. The van der Waals surface area contributed by atoms with Crippen LogP contribution in [0.3, 0.4) is 0 Å². The standard InChI is InChI=1S/C11H21NO6/c1-3-4-17-10-8(12-6(2)14)11(16)18-7(5-13)9(10)15/h7-11,13,15-16H,3-5H2,1-2H3,(H,12,14)/t7-,8+,9-,10-,11-/m1/s1. The van der Waals surface area contributed by atoms with Crippen LogP contribution in [0.15, 0.2) is 0 Å². The van der Waals surface area contributed by atoms with Crippen LogP contribution in [-0.2, 0) is 14.3 Å². The zero-order chi connectivity index (χ0) is 13.7. The summed E-state index contributed by atoms with van der Waals surface area (Å²) < 4.78 is 10.5. The first-order valence-corrected chi connectivity index (χ1v) is 6.02. The lowest BCUT2D eigenvalue weighted by Crippen LogP contribution is -2.64. The van der Waals surface area contributed by atoms with Gasteiger partial charge >= 0.3 is 0 Å². The van der Waals surface area contributed by atoms with Gasteiger partial charge in [0.2, 0.25) is 5.91 Å². The van der Waals surface area contributed by atoms with Gasteiger partial charge in [0.1, 0.15) is 24.4 Å². The molecule has 4 N–H and O–H groups in total. The summed E-state index contributed by atoms with van der Waals surface area (Å²) in [6, 6.07) is -0.855. The molecule has 18 heavy (non-hydrogen) atoms. The van der Waals surface area contributed by atoms with Crippen LogP contribution in [-0.4, -0.2) is 65.1 Å². The van der Waals surface area contributed by atoms with E-state index in [1.165, 1.54) is 6.92 Å². The fourth-order valence-electron chi connectivity index (χ4n) is 1.93. The Morgan fingerprint density at radius 1 is 1.44 bits per heavy atom. The van der Waals surface area contributed by atoms with E-state index in [0.717, 1.165) is 6.42 Å². The van der Waals surface area contributed by atoms with Crippen LogP contribution in [0.25, 0.3) is 0 Å². The summed E-state index contributed by atoms with van der Waals surface area (Å²) in [4.78, 5) is 11.1. The van der Waals surface area contributed by atoms with Crippen LogP contribution in [0.2, 0.25) is 0 Å². The van der Waals surface area contributed by atoms with Crippen LogP contribution in [0, 0.1) is 0 Å². The van der Waals surface area contributed by atoms with Gasteiger partial charge in [-0.2, -0.15) is 0 Å². The fourth-order valence-corrected chi connectivity index (χ4v) is 1.93. The Morgan fingerprint density at radius 3 is 2.61 bits per heavy atom. The lowest BCUT2D eigenvalue weighted by Gasteiger charge is -2.42. The Morgan fingerprint density at radius 2 is 2.11 bits per heavy atom. The van der Waals surface area contributed by atoms with Crippen LogP contribution in [0.5, 0.6) is 0 Å². The maximum Gasteiger partial charge on any atom is 0.217 e. The molecule has 0 unspecified atom stereocenters. The molecule has 106 valence electrons. The quantitative estimate of drug-likeness (QED) is 0.473. The summed E-state index contributed by atoms with van der Waals surface area (Å²) >= 11 is 0. The van der Waals surface area contributed by atoms with E-state index in [2.05, 4.69) is 5.32 Å². The molecular formula is C11H21NO6. The number of carbonyl (C=O) groups excluding carboxylic acids is 1. The number of ether oxygens (including phenoxy) is 2. The molecule has 0 aromatic heterocycles. The largest absolute Gasteiger partial charge is 0.394 e. The van der Waals surface area contributed by atoms with Crippen LogP contribution >= 0.6 is 0 Å². The van der Waals surface area contributed by atoms with E-state index < -0.39 is 37.3 Å². The summed E-state index contributed by atoms with van der Waals surface area (Å²) in [5, 5.41) is 31.3. The van der Waals surface area contributed by atoms with Gasteiger partial charge in [-0.05, 0) is 6.42 Å². The number of hydrogen-bond donors (Lipinski definition) is 4. The van der Waals surface area contributed by atoms with Crippen molar-refractivity contribution in [3.05, 3.63) is 0 Å². The maximum absolute atomic E-state index is 11.1. The van der Waals surface area contributed by atoms with Gasteiger partial charge in [-0.25, -0.2) is 0 Å². The second kappa shape index (κ2) is 7.01. The van der Waals surface area contributed by atoms with Crippen molar-refractivity contribution in [1.29, 1.82) is 0 Å². The molecule has 0 saturated carbocycles. The average molecular weight is 263 g/mol. The van der Waals surface area contributed by atoms with E-state index in [0.29, 0.717) is 6.61 Å². The number of amides is 1. The maximum atomic E-state index is 11.1. The van der Waals surface area contributed by atoms with Gasteiger partial charge in [0.05, 0.1) is 6.61 Å². The van der Waals surface area contributed by atoms with Gasteiger partial charge in [-0.15, -0.1) is 0 Å². The monoisotopic (exact) mass is 263 g/mol. The smallest absolute Gasteiger partial charge is 0.217 e. The van der Waals surface area contributed by atoms with Gasteiger partial charge in [0, 0.05) is 13.5 Å². The zero-order valence-electron chi connectivity index (χ0n) is 10.6. The van der Waals surface area contributed by atoms with Crippen LogP contribution in [0.4, 0.5) is 0 Å². The molecule has 5 atom stereocenters. The highest BCUT2D eigenvalue weighted by Crippen LogP contribution is 2.22. The first-order valence-electron chi connectivity index (χ1n) is 6.02. The lowest BCUT2D eigenvalue weighted by molar-refractivity contribution is -0.261. The molecule has 1 rings (SSSR count). The molecule has 0 aliphatic carbocycles. The average Bonchev–Trinajstić information content (AvgIpc) is 2.32. The van der Waals surface area contributed by atoms with Gasteiger partial charge in [-0.1, -0.05) is 6.92 Å². The normalized spacial score (nSPS) is 36.4. The molecule has 0 radical (unpaired) electrons. The van der Waals surface area contributed by atoms with Crippen molar-refractivity contribution >= 4 is 5.91 Å². The molecule has 1 aliphatic heterocycles. The number of aliphatic hydroxyl groups is 3. The molecular weight excluding hydrogens is 242 g/mol. The van der Waals surface area contributed by atoms with Gasteiger partial charge in [0.15, 0.2) is 6.29 Å². The van der Waals surface area contributed by atoms with Crippen molar-refractivity contribution in [3.63, 3.8) is 0 Å². The summed E-state index contributed by atoms with van der Waals surface area (Å²) in [6.45, 7) is 3.15. The highest BCUT2D eigenvalue weighted by Gasteiger charge is 2.45. The Kier molecular flexibility index (Phi) is 5.97. The Labute approximate surface area is 106 Å². The number of aliphatic hydroxyl groups excluding tert-OH is 3. The van der Waals surface area contributed by atoms with E-state index in [1.54, 1.807) is 0 Å². The van der Waals surface area contributed by atoms with Crippen molar-refractivity contribution in [2.45, 2.75) is 50.9 Å². The second-order valence-corrected chi connectivity index (χ2v) is 4.30. The zero-order valence-corrected chi connectivity index (χ0v) is 10.6. The number of nitrogens with one attached hydrogen (secondary N) is 1. The molecule has 1 saturated heterocycles. The third-order valence-electron chi connectivity index (χ3n) is 2.76. The number of hydrogen-bond acceptors (Lipinski definition) is 6. The summed E-state index contributed by atoms with van der Waals surface area (Å²) in [5.41, 5.74) is 0. The van der Waals surface area contributed by atoms with E-state index in [9.17, 15) is 15.0 Å². The molecule has 1 amide bonds. The van der Waals surface area contributed by atoms with Crippen molar-refractivity contribution in [2.75, 3.05) is 13.2 Å². The highest BCUT2D eigenvalue weighted by molar-refractivity contribution is 5.73. The molecule has 1 heterocycles. The Balaban J connectivity index is 2.79. The van der Waals surface area contributed by atoms with Gasteiger partial charge in [0.25, 0.3) is 0 Å². The second-order valence-electron chi connectivity index (χ2n) is 4.30. The molecule has 7 heteroatoms. The first-order chi connectivity index (χ1) is 8.51. The Hall–Kier alpha value is -0.730. The van der Waals surface area contributed by atoms with Crippen molar-refractivity contribution in [3.8, 4) is 0 Å². The third kappa shape index (κ3) is 3.63. The third-order valence-corrected chi connectivity index (χ3v) is 2.76. The lowest BCUT2D eigenvalue weighted by atomic mass is 9.96.